The van der Waals surface area contributed by atoms with Gasteiger partial charge in [0.15, 0.2) is 4.87 Å². The van der Waals surface area contributed by atoms with E-state index < -0.39 is 16.6 Å². The number of β-lactam (4-membered cyclic amide) rings is 1. The number of carbonyl (C=O) groups is 2. The maximum absolute atomic E-state index is 11.8. The lowest BCUT2D eigenvalue weighted by atomic mass is 9.83. The molecular weight excluding hydrogens is 218 g/mol. The Bertz CT molecular complexity index is 399. The molecular formula is C10H10ClNO3. The molecule has 5 heteroatoms. The van der Waals surface area contributed by atoms with Gasteiger partial charge >= 0.3 is 5.97 Å². The maximum atomic E-state index is 11.8. The van der Waals surface area contributed by atoms with Crippen molar-refractivity contribution in [3.05, 3.63) is 12.2 Å². The summed E-state index contributed by atoms with van der Waals surface area (Å²) in [6.07, 6.45) is 4.86. The second-order valence-electron chi connectivity index (χ2n) is 4.36. The maximum Gasteiger partial charge on any atom is 0.333 e. The molecule has 4 nitrogen and oxygen atoms in total. The van der Waals surface area contributed by atoms with Crippen molar-refractivity contribution in [2.75, 3.05) is 0 Å². The van der Waals surface area contributed by atoms with E-state index in [0.717, 1.165) is 12.8 Å². The van der Waals surface area contributed by atoms with Crippen LogP contribution in [-0.2, 0) is 14.3 Å². The Kier molecular flexibility index (Phi) is 1.46. The molecule has 2 heterocycles. The van der Waals surface area contributed by atoms with Crippen LogP contribution >= 0.6 is 11.6 Å². The van der Waals surface area contributed by atoms with Gasteiger partial charge in [-0.15, -0.1) is 11.6 Å². The summed E-state index contributed by atoms with van der Waals surface area (Å²) in [5, 5.41) is 0. The number of amides is 1. The van der Waals surface area contributed by atoms with Gasteiger partial charge in [0.2, 0.25) is 5.72 Å². The molecule has 0 N–H and O–H groups in total. The molecule has 0 bridgehead atoms. The van der Waals surface area contributed by atoms with Crippen LogP contribution in [0.25, 0.3) is 0 Å². The molecule has 0 aromatic heterocycles. The van der Waals surface area contributed by atoms with Crippen LogP contribution in [0, 0.1) is 0 Å². The lowest BCUT2D eigenvalue weighted by Gasteiger charge is -2.56. The fourth-order valence-corrected chi connectivity index (χ4v) is 2.54. The van der Waals surface area contributed by atoms with Crippen molar-refractivity contribution in [1.82, 2.24) is 4.90 Å². The SMILES string of the molecule is C[C@@]1(Cl)C(=O)N(C2CC2)[C@]12C=CC(=O)O2. The number of likely N-dealkylation sites (tertiary alicyclic amines) is 1. The van der Waals surface area contributed by atoms with Gasteiger partial charge in [0.25, 0.3) is 5.91 Å². The van der Waals surface area contributed by atoms with Gasteiger partial charge in [0.05, 0.1) is 0 Å². The van der Waals surface area contributed by atoms with Gasteiger partial charge in [-0.3, -0.25) is 9.69 Å². The van der Waals surface area contributed by atoms with Crippen LogP contribution in [0.3, 0.4) is 0 Å². The highest BCUT2D eigenvalue weighted by Crippen LogP contribution is 2.54. The van der Waals surface area contributed by atoms with Crippen molar-refractivity contribution >= 4 is 23.5 Å². The van der Waals surface area contributed by atoms with Gasteiger partial charge < -0.3 is 4.74 Å². The minimum atomic E-state index is -1.14. The molecule has 2 atom stereocenters. The van der Waals surface area contributed by atoms with Crippen LogP contribution in [0.4, 0.5) is 0 Å². The number of hydrogen-bond acceptors (Lipinski definition) is 3. The highest BCUT2D eigenvalue weighted by atomic mass is 35.5. The summed E-state index contributed by atoms with van der Waals surface area (Å²) in [4.78, 5) is 23.4. The summed E-state index contributed by atoms with van der Waals surface area (Å²) >= 11 is 6.13. The van der Waals surface area contributed by atoms with E-state index in [1.807, 2.05) is 0 Å². The predicted molar refractivity (Wildman–Crippen MR) is 52.1 cm³/mol. The number of alkyl halides is 1. The molecule has 0 unspecified atom stereocenters. The molecule has 0 radical (unpaired) electrons. The summed E-state index contributed by atoms with van der Waals surface area (Å²) in [6.45, 7) is 1.60. The molecule has 3 rings (SSSR count). The van der Waals surface area contributed by atoms with E-state index in [4.69, 9.17) is 16.3 Å². The lowest BCUT2D eigenvalue weighted by Crippen LogP contribution is -2.79. The van der Waals surface area contributed by atoms with Crippen LogP contribution < -0.4 is 0 Å². The quantitative estimate of drug-likeness (QED) is 0.378. The van der Waals surface area contributed by atoms with Gasteiger partial charge in [0.1, 0.15) is 0 Å². The first-order chi connectivity index (χ1) is 6.99. The number of nitrogens with zero attached hydrogens (tertiary/aromatic N) is 1. The van der Waals surface area contributed by atoms with Crippen LogP contribution in [0.5, 0.6) is 0 Å². The average molecular weight is 228 g/mol. The van der Waals surface area contributed by atoms with E-state index in [2.05, 4.69) is 0 Å². The third kappa shape index (κ3) is 0.886. The van der Waals surface area contributed by atoms with Crippen molar-refractivity contribution in [2.24, 2.45) is 0 Å². The zero-order valence-electron chi connectivity index (χ0n) is 8.20. The first-order valence-corrected chi connectivity index (χ1v) is 5.32. The Labute approximate surface area is 91.8 Å². The van der Waals surface area contributed by atoms with E-state index in [1.54, 1.807) is 17.9 Å². The Balaban J connectivity index is 2.01. The van der Waals surface area contributed by atoms with Gasteiger partial charge in [-0.25, -0.2) is 4.79 Å². The number of halogens is 1. The zero-order chi connectivity index (χ0) is 10.8. The Hall–Kier alpha value is -1.03. The fraction of sp³-hybridized carbons (Fsp3) is 0.600. The summed E-state index contributed by atoms with van der Waals surface area (Å²) < 4.78 is 5.21. The fourth-order valence-electron chi connectivity index (χ4n) is 2.26. The molecule has 2 aliphatic heterocycles. The summed E-state index contributed by atoms with van der Waals surface area (Å²) in [6, 6.07) is 0.194. The van der Waals surface area contributed by atoms with Gasteiger partial charge in [-0.2, -0.15) is 0 Å². The van der Waals surface area contributed by atoms with E-state index in [0.29, 0.717) is 0 Å². The van der Waals surface area contributed by atoms with E-state index in [1.165, 1.54) is 6.08 Å². The van der Waals surface area contributed by atoms with E-state index in [9.17, 15) is 9.59 Å². The molecule has 0 aromatic carbocycles. The van der Waals surface area contributed by atoms with Crippen molar-refractivity contribution in [3.8, 4) is 0 Å². The monoisotopic (exact) mass is 227 g/mol. The molecule has 1 amide bonds. The summed E-state index contributed by atoms with van der Waals surface area (Å²) in [5.41, 5.74) is -1.02. The van der Waals surface area contributed by atoms with Crippen LogP contribution in [0.2, 0.25) is 0 Å². The molecule has 1 saturated carbocycles. The van der Waals surface area contributed by atoms with E-state index >= 15 is 0 Å². The summed E-state index contributed by atoms with van der Waals surface area (Å²) in [5.74, 6) is -0.578. The van der Waals surface area contributed by atoms with Gasteiger partial charge in [-0.05, 0) is 25.8 Å². The number of hydrogen-bond donors (Lipinski definition) is 0. The number of esters is 1. The molecule has 0 aromatic rings. The molecule has 1 saturated heterocycles. The highest BCUT2D eigenvalue weighted by Gasteiger charge is 2.73. The van der Waals surface area contributed by atoms with Crippen molar-refractivity contribution in [1.29, 1.82) is 0 Å². The molecule has 15 heavy (non-hydrogen) atoms. The van der Waals surface area contributed by atoms with Crippen molar-refractivity contribution < 1.29 is 14.3 Å². The second-order valence-corrected chi connectivity index (χ2v) is 5.12. The zero-order valence-corrected chi connectivity index (χ0v) is 8.95. The minimum absolute atomic E-state index is 0.147. The third-order valence-electron chi connectivity index (χ3n) is 3.26. The smallest absolute Gasteiger partial charge is 0.333 e. The average Bonchev–Trinajstić information content (AvgIpc) is 2.90. The Morgan fingerprint density at radius 2 is 2.20 bits per heavy atom. The number of ether oxygens (including phenoxy) is 1. The Morgan fingerprint density at radius 3 is 2.67 bits per heavy atom. The van der Waals surface area contributed by atoms with Crippen LogP contribution in [0.1, 0.15) is 19.8 Å². The second kappa shape index (κ2) is 2.38. The van der Waals surface area contributed by atoms with Crippen molar-refractivity contribution in [3.63, 3.8) is 0 Å². The predicted octanol–water partition coefficient (Wildman–Crippen LogP) is 0.798. The number of carbonyl (C=O) groups excluding carboxylic acids is 2. The first kappa shape index (κ1) is 9.21. The van der Waals surface area contributed by atoms with Gasteiger partial charge in [-0.1, -0.05) is 0 Å². The standard InChI is InChI=1S/C10H10ClNO3/c1-9(11)8(14)12(6-2-3-6)10(9)5-4-7(13)15-10/h4-6H,2-3H2,1H3/t9-,10+/m1/s1. The topological polar surface area (TPSA) is 46.6 Å². The van der Waals surface area contributed by atoms with E-state index in [-0.39, 0.29) is 11.9 Å². The van der Waals surface area contributed by atoms with Crippen LogP contribution in [-0.4, -0.2) is 33.4 Å². The normalized spacial score (nSPS) is 43.5. The van der Waals surface area contributed by atoms with Crippen molar-refractivity contribution in [2.45, 2.75) is 36.4 Å². The Morgan fingerprint density at radius 1 is 1.53 bits per heavy atom. The highest BCUT2D eigenvalue weighted by molar-refractivity contribution is 6.38. The molecule has 80 valence electrons. The molecule has 1 spiro atoms. The molecule has 2 fully saturated rings. The summed E-state index contributed by atoms with van der Waals surface area (Å²) in [7, 11) is 0. The lowest BCUT2D eigenvalue weighted by molar-refractivity contribution is -0.209. The first-order valence-electron chi connectivity index (χ1n) is 4.94. The van der Waals surface area contributed by atoms with Gasteiger partial charge in [0, 0.05) is 12.1 Å². The van der Waals surface area contributed by atoms with Crippen LogP contribution in [0.15, 0.2) is 12.2 Å². The molecule has 3 aliphatic rings. The minimum Gasteiger partial charge on any atom is -0.429 e. The largest absolute Gasteiger partial charge is 0.429 e. The third-order valence-corrected chi connectivity index (χ3v) is 3.70. The number of rotatable bonds is 1. The molecule has 1 aliphatic carbocycles.